The summed E-state index contributed by atoms with van der Waals surface area (Å²) in [5.74, 6) is -1.29. The molecule has 0 aliphatic rings. The van der Waals surface area contributed by atoms with Gasteiger partial charge >= 0.3 is 12.0 Å². The van der Waals surface area contributed by atoms with E-state index in [0.717, 1.165) is 16.9 Å². The molecule has 1 atom stereocenters. The molecule has 0 aliphatic carbocycles. The summed E-state index contributed by atoms with van der Waals surface area (Å²) in [7, 11) is 0. The predicted molar refractivity (Wildman–Crippen MR) is 85.5 cm³/mol. The summed E-state index contributed by atoms with van der Waals surface area (Å²) in [6, 6.07) is 5.19. The summed E-state index contributed by atoms with van der Waals surface area (Å²) in [5.41, 5.74) is 2.35. The molecule has 1 unspecified atom stereocenters. The number of aliphatic carboxylic acids is 1. The maximum absolute atomic E-state index is 13.0. The van der Waals surface area contributed by atoms with Crippen molar-refractivity contribution in [2.24, 2.45) is 0 Å². The SMILES string of the molecule is Cc1c(C(C)NC(=O)NCCC(=O)O)cnn1-c1ccc(F)cc1. The topological polar surface area (TPSA) is 96.2 Å². The lowest BCUT2D eigenvalue weighted by atomic mass is 10.1. The third-order valence-electron chi connectivity index (χ3n) is 3.56. The number of halogens is 1. The van der Waals surface area contributed by atoms with Crippen LogP contribution in [0, 0.1) is 12.7 Å². The lowest BCUT2D eigenvalue weighted by Gasteiger charge is -2.14. The third kappa shape index (κ3) is 4.31. The highest BCUT2D eigenvalue weighted by Crippen LogP contribution is 2.20. The van der Waals surface area contributed by atoms with Gasteiger partial charge in [-0.3, -0.25) is 4.79 Å². The van der Waals surface area contributed by atoms with Gasteiger partial charge in [0.15, 0.2) is 0 Å². The smallest absolute Gasteiger partial charge is 0.315 e. The zero-order valence-electron chi connectivity index (χ0n) is 13.4. The zero-order chi connectivity index (χ0) is 17.7. The van der Waals surface area contributed by atoms with E-state index >= 15 is 0 Å². The number of carbonyl (C=O) groups excluding carboxylic acids is 1. The van der Waals surface area contributed by atoms with Crippen LogP contribution in [0.2, 0.25) is 0 Å². The van der Waals surface area contributed by atoms with Gasteiger partial charge in [0.1, 0.15) is 5.82 Å². The maximum atomic E-state index is 13.0. The van der Waals surface area contributed by atoms with Crippen LogP contribution in [-0.4, -0.2) is 33.4 Å². The van der Waals surface area contributed by atoms with Crippen molar-refractivity contribution in [1.29, 1.82) is 0 Å². The van der Waals surface area contributed by atoms with Crippen molar-refractivity contribution in [2.45, 2.75) is 26.3 Å². The van der Waals surface area contributed by atoms with E-state index in [1.54, 1.807) is 29.9 Å². The van der Waals surface area contributed by atoms with E-state index < -0.39 is 12.0 Å². The average molecular weight is 334 g/mol. The van der Waals surface area contributed by atoms with Crippen molar-refractivity contribution < 1.29 is 19.1 Å². The van der Waals surface area contributed by atoms with Gasteiger partial charge in [0.25, 0.3) is 0 Å². The van der Waals surface area contributed by atoms with Gasteiger partial charge in [0.2, 0.25) is 0 Å². The molecular formula is C16H19FN4O3. The van der Waals surface area contributed by atoms with Crippen molar-refractivity contribution in [3.63, 3.8) is 0 Å². The Morgan fingerprint density at radius 2 is 2.00 bits per heavy atom. The second-order valence-electron chi connectivity index (χ2n) is 5.34. The van der Waals surface area contributed by atoms with E-state index in [0.29, 0.717) is 0 Å². The highest BCUT2D eigenvalue weighted by atomic mass is 19.1. The van der Waals surface area contributed by atoms with Crippen LogP contribution >= 0.6 is 0 Å². The molecule has 2 aromatic rings. The van der Waals surface area contributed by atoms with Crippen molar-refractivity contribution in [1.82, 2.24) is 20.4 Å². The van der Waals surface area contributed by atoms with Crippen molar-refractivity contribution in [2.75, 3.05) is 6.54 Å². The number of carbonyl (C=O) groups is 2. The van der Waals surface area contributed by atoms with Crippen LogP contribution in [0.15, 0.2) is 30.5 Å². The summed E-state index contributed by atoms with van der Waals surface area (Å²) in [6.07, 6.45) is 1.50. The number of urea groups is 1. The van der Waals surface area contributed by atoms with E-state index in [1.807, 2.05) is 6.92 Å². The molecule has 0 fully saturated rings. The molecule has 0 radical (unpaired) electrons. The fourth-order valence-corrected chi connectivity index (χ4v) is 2.30. The lowest BCUT2D eigenvalue weighted by molar-refractivity contribution is -0.136. The van der Waals surface area contributed by atoms with Gasteiger partial charge < -0.3 is 15.7 Å². The zero-order valence-corrected chi connectivity index (χ0v) is 13.4. The van der Waals surface area contributed by atoms with Gasteiger partial charge in [-0.2, -0.15) is 5.10 Å². The third-order valence-corrected chi connectivity index (χ3v) is 3.56. The van der Waals surface area contributed by atoms with Crippen LogP contribution in [-0.2, 0) is 4.79 Å². The number of nitrogens with zero attached hydrogens (tertiary/aromatic N) is 2. The fraction of sp³-hybridized carbons (Fsp3) is 0.312. The molecule has 0 aliphatic heterocycles. The first kappa shape index (κ1) is 17.5. The molecule has 0 saturated heterocycles. The molecule has 0 spiro atoms. The molecule has 1 aromatic heterocycles. The second kappa shape index (κ2) is 7.58. The molecule has 1 heterocycles. The van der Waals surface area contributed by atoms with Crippen LogP contribution in [0.4, 0.5) is 9.18 Å². The number of aromatic nitrogens is 2. The molecule has 8 heteroatoms. The lowest BCUT2D eigenvalue weighted by Crippen LogP contribution is -2.38. The van der Waals surface area contributed by atoms with Crippen molar-refractivity contribution in [3.8, 4) is 5.69 Å². The van der Waals surface area contributed by atoms with Crippen molar-refractivity contribution in [3.05, 3.63) is 47.5 Å². The van der Waals surface area contributed by atoms with Crippen molar-refractivity contribution >= 4 is 12.0 Å². The Morgan fingerprint density at radius 3 is 2.62 bits per heavy atom. The average Bonchev–Trinajstić information content (AvgIpc) is 2.89. The molecule has 0 bridgehead atoms. The van der Waals surface area contributed by atoms with Gasteiger partial charge in [-0.05, 0) is 38.1 Å². The quantitative estimate of drug-likeness (QED) is 0.754. The van der Waals surface area contributed by atoms with E-state index in [1.165, 1.54) is 12.1 Å². The highest BCUT2D eigenvalue weighted by molar-refractivity contribution is 5.75. The van der Waals surface area contributed by atoms with Gasteiger partial charge in [-0.15, -0.1) is 0 Å². The summed E-state index contributed by atoms with van der Waals surface area (Å²) >= 11 is 0. The van der Waals surface area contributed by atoms with E-state index in [2.05, 4.69) is 15.7 Å². The summed E-state index contributed by atoms with van der Waals surface area (Å²) in [4.78, 5) is 22.2. The number of amides is 2. The Labute approximate surface area is 138 Å². The minimum Gasteiger partial charge on any atom is -0.481 e. The fourth-order valence-electron chi connectivity index (χ4n) is 2.30. The molecule has 24 heavy (non-hydrogen) atoms. The highest BCUT2D eigenvalue weighted by Gasteiger charge is 2.16. The Hall–Kier alpha value is -2.90. The maximum Gasteiger partial charge on any atom is 0.315 e. The second-order valence-corrected chi connectivity index (χ2v) is 5.34. The molecule has 0 saturated carbocycles. The van der Waals surface area contributed by atoms with E-state index in [4.69, 9.17) is 5.11 Å². The molecule has 7 nitrogen and oxygen atoms in total. The number of nitrogens with one attached hydrogen (secondary N) is 2. The van der Waals surface area contributed by atoms with Crippen LogP contribution in [0.25, 0.3) is 5.69 Å². The molecule has 2 rings (SSSR count). The number of hydrogen-bond donors (Lipinski definition) is 3. The Balaban J connectivity index is 2.03. The molecule has 2 amide bonds. The monoisotopic (exact) mass is 334 g/mol. The van der Waals surface area contributed by atoms with Crippen LogP contribution in [0.1, 0.15) is 30.6 Å². The van der Waals surface area contributed by atoms with E-state index in [-0.39, 0.29) is 24.8 Å². The summed E-state index contributed by atoms with van der Waals surface area (Å²) in [6.45, 7) is 3.71. The molecule has 3 N–H and O–H groups in total. The van der Waals surface area contributed by atoms with E-state index in [9.17, 15) is 14.0 Å². The van der Waals surface area contributed by atoms with Gasteiger partial charge in [-0.1, -0.05) is 0 Å². The number of rotatable bonds is 6. The predicted octanol–water partition coefficient (Wildman–Crippen LogP) is 2.15. The van der Waals surface area contributed by atoms with Crippen LogP contribution in [0.5, 0.6) is 0 Å². The Morgan fingerprint density at radius 1 is 1.33 bits per heavy atom. The summed E-state index contributed by atoms with van der Waals surface area (Å²) < 4.78 is 14.7. The Bertz CT molecular complexity index is 727. The van der Waals surface area contributed by atoms with Gasteiger partial charge in [0, 0.05) is 17.8 Å². The normalized spacial score (nSPS) is 11.8. The molecule has 128 valence electrons. The largest absolute Gasteiger partial charge is 0.481 e. The molecular weight excluding hydrogens is 315 g/mol. The number of carboxylic acids is 1. The van der Waals surface area contributed by atoms with Crippen LogP contribution < -0.4 is 10.6 Å². The first-order chi connectivity index (χ1) is 11.4. The summed E-state index contributed by atoms with van der Waals surface area (Å²) in [5, 5.41) is 18.0. The number of hydrogen-bond acceptors (Lipinski definition) is 3. The minimum atomic E-state index is -0.972. The van der Waals surface area contributed by atoms with Gasteiger partial charge in [0.05, 0.1) is 24.3 Å². The first-order valence-electron chi connectivity index (χ1n) is 7.45. The van der Waals surface area contributed by atoms with Gasteiger partial charge in [-0.25, -0.2) is 13.9 Å². The number of carboxylic acid groups (broad SMARTS) is 1. The number of benzene rings is 1. The Kier molecular flexibility index (Phi) is 5.51. The first-order valence-corrected chi connectivity index (χ1v) is 7.45. The van der Waals surface area contributed by atoms with Crippen LogP contribution in [0.3, 0.4) is 0 Å². The minimum absolute atomic E-state index is 0.0573. The standard InChI is InChI=1S/C16H19FN4O3/c1-10(20-16(24)18-8-7-15(22)23)14-9-19-21(11(14)2)13-5-3-12(17)4-6-13/h3-6,9-10H,7-8H2,1-2H3,(H,22,23)(H2,18,20,24). The molecule has 1 aromatic carbocycles.